The van der Waals surface area contributed by atoms with Crippen LogP contribution < -0.4 is 5.32 Å². The van der Waals surface area contributed by atoms with Crippen molar-refractivity contribution in [1.82, 2.24) is 15.1 Å². The summed E-state index contributed by atoms with van der Waals surface area (Å²) < 4.78 is 5.12. The molecule has 0 heterocycles. The molecular formula is C20H28N4O4. The van der Waals surface area contributed by atoms with Crippen molar-refractivity contribution in [2.24, 2.45) is 0 Å². The lowest BCUT2D eigenvalue weighted by Gasteiger charge is -2.42. The van der Waals surface area contributed by atoms with Gasteiger partial charge in [-0.2, -0.15) is 5.26 Å². The Labute approximate surface area is 165 Å². The first-order valence-corrected chi connectivity index (χ1v) is 9.46. The number of ether oxygens (including phenoxy) is 1. The van der Waals surface area contributed by atoms with Crippen molar-refractivity contribution >= 4 is 12.0 Å². The van der Waals surface area contributed by atoms with Gasteiger partial charge in [0.1, 0.15) is 0 Å². The second-order valence-corrected chi connectivity index (χ2v) is 6.95. The maximum absolute atomic E-state index is 12.7. The number of urea groups is 1. The van der Waals surface area contributed by atoms with Gasteiger partial charge in [0.25, 0.3) is 0 Å². The number of rotatable bonds is 10. The molecule has 1 saturated carbocycles. The molecule has 1 aliphatic carbocycles. The number of nitrogens with one attached hydrogen (secondary N) is 1. The van der Waals surface area contributed by atoms with Crippen LogP contribution in [0.2, 0.25) is 0 Å². The minimum atomic E-state index is -0.831. The second-order valence-electron chi connectivity index (χ2n) is 6.95. The highest BCUT2D eigenvalue weighted by Crippen LogP contribution is 2.25. The van der Waals surface area contributed by atoms with E-state index >= 15 is 0 Å². The van der Waals surface area contributed by atoms with Gasteiger partial charge in [-0.3, -0.25) is 9.69 Å². The van der Waals surface area contributed by atoms with E-state index in [0.717, 1.165) is 18.4 Å². The SMILES string of the molecule is CCN(CC(=O)O)C1CC(NC(=O)N(CCOC)Cc2ccc(C#N)cc2)C1. The summed E-state index contributed by atoms with van der Waals surface area (Å²) in [5.74, 6) is -0.831. The Balaban J connectivity index is 1.89. The van der Waals surface area contributed by atoms with Crippen molar-refractivity contribution in [3.63, 3.8) is 0 Å². The van der Waals surface area contributed by atoms with E-state index in [4.69, 9.17) is 15.1 Å². The van der Waals surface area contributed by atoms with Crippen LogP contribution in [0.3, 0.4) is 0 Å². The summed E-state index contributed by atoms with van der Waals surface area (Å²) >= 11 is 0. The van der Waals surface area contributed by atoms with Crippen LogP contribution in [0.5, 0.6) is 0 Å². The highest BCUT2D eigenvalue weighted by Gasteiger charge is 2.35. The lowest BCUT2D eigenvalue weighted by Crippen LogP contribution is -2.57. The van der Waals surface area contributed by atoms with Gasteiger partial charge in [0.2, 0.25) is 0 Å². The molecule has 0 unspecified atom stereocenters. The van der Waals surface area contributed by atoms with Gasteiger partial charge in [0.15, 0.2) is 0 Å². The summed E-state index contributed by atoms with van der Waals surface area (Å²) in [6, 6.07) is 9.32. The standard InChI is InChI=1S/C20H28N4O4/c1-3-23(14-19(25)26)18-10-17(11-18)22-20(27)24(8-9-28-2)13-16-6-4-15(12-21)5-7-16/h4-7,17-18H,3,8-11,13-14H2,1-2H3,(H,22,27)(H,25,26). The molecular weight excluding hydrogens is 360 g/mol. The third kappa shape index (κ3) is 6.22. The molecule has 152 valence electrons. The Hall–Kier alpha value is -2.63. The van der Waals surface area contributed by atoms with E-state index in [1.54, 1.807) is 24.1 Å². The lowest BCUT2D eigenvalue weighted by molar-refractivity contribution is -0.139. The van der Waals surface area contributed by atoms with Gasteiger partial charge in [-0.15, -0.1) is 0 Å². The zero-order valence-electron chi connectivity index (χ0n) is 16.4. The first-order chi connectivity index (χ1) is 13.5. The number of carboxylic acids is 1. The van der Waals surface area contributed by atoms with Gasteiger partial charge in [0, 0.05) is 32.3 Å². The molecule has 0 radical (unpaired) electrons. The molecule has 1 fully saturated rings. The normalized spacial score (nSPS) is 18.2. The van der Waals surface area contributed by atoms with Gasteiger partial charge < -0.3 is 20.1 Å². The average Bonchev–Trinajstić information content (AvgIpc) is 2.66. The number of hydrogen-bond acceptors (Lipinski definition) is 5. The third-order valence-electron chi connectivity index (χ3n) is 5.01. The first kappa shape index (κ1) is 21.7. The number of nitriles is 1. The van der Waals surface area contributed by atoms with Crippen LogP contribution in [0, 0.1) is 11.3 Å². The number of carbonyl (C=O) groups is 2. The van der Waals surface area contributed by atoms with Gasteiger partial charge in [0.05, 0.1) is 24.8 Å². The Bertz CT molecular complexity index is 695. The minimum absolute atomic E-state index is 0.0283. The molecule has 2 rings (SSSR count). The number of amides is 2. The minimum Gasteiger partial charge on any atom is -0.480 e. The molecule has 0 saturated heterocycles. The van der Waals surface area contributed by atoms with Crippen molar-refractivity contribution in [2.75, 3.05) is 33.4 Å². The van der Waals surface area contributed by atoms with Crippen molar-refractivity contribution in [2.45, 2.75) is 38.4 Å². The maximum Gasteiger partial charge on any atom is 0.317 e. The molecule has 0 atom stereocenters. The van der Waals surface area contributed by atoms with Crippen LogP contribution in [-0.4, -0.2) is 72.3 Å². The third-order valence-corrected chi connectivity index (χ3v) is 5.01. The fourth-order valence-corrected chi connectivity index (χ4v) is 3.30. The van der Waals surface area contributed by atoms with Gasteiger partial charge in [-0.05, 0) is 37.1 Å². The first-order valence-electron chi connectivity index (χ1n) is 9.46. The monoisotopic (exact) mass is 388 g/mol. The van der Waals surface area contributed by atoms with E-state index in [9.17, 15) is 9.59 Å². The molecule has 1 aromatic rings. The summed E-state index contributed by atoms with van der Waals surface area (Å²) in [7, 11) is 1.59. The largest absolute Gasteiger partial charge is 0.480 e. The Kier molecular flexibility index (Phi) is 8.23. The Morgan fingerprint density at radius 2 is 2.00 bits per heavy atom. The summed E-state index contributed by atoms with van der Waals surface area (Å²) in [5, 5.41) is 20.9. The zero-order valence-corrected chi connectivity index (χ0v) is 16.4. The van der Waals surface area contributed by atoms with E-state index < -0.39 is 5.97 Å². The lowest BCUT2D eigenvalue weighted by atomic mass is 9.85. The van der Waals surface area contributed by atoms with Crippen molar-refractivity contribution in [3.05, 3.63) is 35.4 Å². The smallest absolute Gasteiger partial charge is 0.317 e. The number of nitrogens with zero attached hydrogens (tertiary/aromatic N) is 3. The fraction of sp³-hybridized carbons (Fsp3) is 0.550. The Morgan fingerprint density at radius 3 is 2.54 bits per heavy atom. The number of methoxy groups -OCH3 is 1. The van der Waals surface area contributed by atoms with E-state index in [-0.39, 0.29) is 24.7 Å². The van der Waals surface area contributed by atoms with Crippen LogP contribution in [0.15, 0.2) is 24.3 Å². The highest BCUT2D eigenvalue weighted by atomic mass is 16.5. The molecule has 1 aromatic carbocycles. The van der Waals surface area contributed by atoms with Gasteiger partial charge in [-0.1, -0.05) is 19.1 Å². The summed E-state index contributed by atoms with van der Waals surface area (Å²) in [6.07, 6.45) is 1.50. The number of carbonyl (C=O) groups excluding carboxylic acids is 1. The molecule has 0 aromatic heterocycles. The van der Waals surface area contributed by atoms with E-state index in [1.807, 2.05) is 24.0 Å². The van der Waals surface area contributed by atoms with Crippen LogP contribution in [0.1, 0.15) is 30.9 Å². The highest BCUT2D eigenvalue weighted by molar-refractivity contribution is 5.74. The predicted molar refractivity (Wildman–Crippen MR) is 104 cm³/mol. The predicted octanol–water partition coefficient (Wildman–Crippen LogP) is 1.65. The molecule has 8 nitrogen and oxygen atoms in total. The quantitative estimate of drug-likeness (QED) is 0.631. The molecule has 28 heavy (non-hydrogen) atoms. The zero-order chi connectivity index (χ0) is 20.5. The van der Waals surface area contributed by atoms with Crippen molar-refractivity contribution in [3.8, 4) is 6.07 Å². The van der Waals surface area contributed by atoms with Crippen LogP contribution in [-0.2, 0) is 16.1 Å². The van der Waals surface area contributed by atoms with E-state index in [0.29, 0.717) is 31.8 Å². The molecule has 0 spiro atoms. The Morgan fingerprint density at radius 1 is 1.32 bits per heavy atom. The van der Waals surface area contributed by atoms with Crippen molar-refractivity contribution < 1.29 is 19.4 Å². The summed E-state index contributed by atoms with van der Waals surface area (Å²) in [6.45, 7) is 3.96. The van der Waals surface area contributed by atoms with Gasteiger partial charge in [-0.25, -0.2) is 4.79 Å². The van der Waals surface area contributed by atoms with Crippen LogP contribution >= 0.6 is 0 Å². The molecule has 2 amide bonds. The molecule has 8 heteroatoms. The number of benzene rings is 1. The topological polar surface area (TPSA) is 106 Å². The summed E-state index contributed by atoms with van der Waals surface area (Å²) in [4.78, 5) is 27.2. The number of carboxylic acid groups (broad SMARTS) is 1. The molecule has 0 bridgehead atoms. The maximum atomic E-state index is 12.7. The molecule has 1 aliphatic rings. The van der Waals surface area contributed by atoms with Crippen LogP contribution in [0.4, 0.5) is 4.79 Å². The summed E-state index contributed by atoms with van der Waals surface area (Å²) in [5.41, 5.74) is 1.52. The average molecular weight is 388 g/mol. The second kappa shape index (κ2) is 10.6. The fourth-order valence-electron chi connectivity index (χ4n) is 3.30. The number of likely N-dealkylation sites (N-methyl/N-ethyl adjacent to an activating group) is 1. The van der Waals surface area contributed by atoms with Crippen molar-refractivity contribution in [1.29, 1.82) is 5.26 Å². The van der Waals surface area contributed by atoms with Gasteiger partial charge >= 0.3 is 12.0 Å². The number of hydrogen-bond donors (Lipinski definition) is 2. The number of aliphatic carboxylic acids is 1. The van der Waals surface area contributed by atoms with E-state index in [2.05, 4.69) is 11.4 Å². The van der Waals surface area contributed by atoms with E-state index in [1.165, 1.54) is 0 Å². The van der Waals surface area contributed by atoms with Crippen LogP contribution in [0.25, 0.3) is 0 Å². The molecule has 2 N–H and O–H groups in total. The molecule has 0 aliphatic heterocycles.